The molecule has 2 aromatic carbocycles. The van der Waals surface area contributed by atoms with Crippen LogP contribution in [0.4, 0.5) is 0 Å². The molecule has 1 fully saturated rings. The van der Waals surface area contributed by atoms with Crippen molar-refractivity contribution < 1.29 is 29.1 Å². The van der Waals surface area contributed by atoms with Crippen LogP contribution in [0.25, 0.3) is 10.8 Å². The number of carboxylic acid groups (broad SMARTS) is 1. The number of aldehydes is 1. The van der Waals surface area contributed by atoms with Crippen molar-refractivity contribution in [2.75, 3.05) is 6.54 Å². The molecule has 0 bridgehead atoms. The maximum atomic E-state index is 13.4. The topological polar surface area (TPSA) is 133 Å². The zero-order chi connectivity index (χ0) is 24.8. The lowest BCUT2D eigenvalue weighted by Gasteiger charge is -2.31. The number of carboxylic acids is 1. The van der Waals surface area contributed by atoms with Gasteiger partial charge in [-0.2, -0.15) is 0 Å². The molecule has 3 rings (SSSR count). The number of nitrogens with zero attached hydrogens (tertiary/aromatic N) is 1. The van der Waals surface area contributed by atoms with Gasteiger partial charge in [0.25, 0.3) is 5.91 Å². The molecule has 3 atom stereocenters. The highest BCUT2D eigenvalue weighted by Crippen LogP contribution is 2.22. The molecule has 1 aliphatic rings. The SMILES string of the molecule is CC(C)[C@H](NC(=O)c1cccc2ccccc12)C(=O)N1CCC[C@H]1C(=O)N[C@H](C=O)CC(=O)O. The van der Waals surface area contributed by atoms with Gasteiger partial charge in [-0.3, -0.25) is 19.2 Å². The van der Waals surface area contributed by atoms with E-state index in [1.807, 2.05) is 44.2 Å². The second-order valence-corrected chi connectivity index (χ2v) is 8.76. The fraction of sp³-hybridized carbons (Fsp3) is 0.400. The van der Waals surface area contributed by atoms with Gasteiger partial charge in [-0.15, -0.1) is 0 Å². The highest BCUT2D eigenvalue weighted by molar-refractivity contribution is 6.08. The molecular weight excluding hydrogens is 438 g/mol. The minimum absolute atomic E-state index is 0.245. The first-order valence-corrected chi connectivity index (χ1v) is 11.3. The van der Waals surface area contributed by atoms with Crippen LogP contribution in [0, 0.1) is 5.92 Å². The molecule has 34 heavy (non-hydrogen) atoms. The van der Waals surface area contributed by atoms with Gasteiger partial charge < -0.3 is 25.4 Å². The summed E-state index contributed by atoms with van der Waals surface area (Å²) in [6.45, 7) is 3.95. The Bertz CT molecular complexity index is 1090. The van der Waals surface area contributed by atoms with Gasteiger partial charge in [0.15, 0.2) is 0 Å². The van der Waals surface area contributed by atoms with Crippen LogP contribution in [0.15, 0.2) is 42.5 Å². The van der Waals surface area contributed by atoms with Crippen molar-refractivity contribution in [1.29, 1.82) is 0 Å². The molecule has 180 valence electrons. The third-order valence-corrected chi connectivity index (χ3v) is 5.98. The summed E-state index contributed by atoms with van der Waals surface area (Å²) in [6.07, 6.45) is 0.801. The van der Waals surface area contributed by atoms with E-state index in [1.165, 1.54) is 4.90 Å². The van der Waals surface area contributed by atoms with Gasteiger partial charge in [-0.05, 0) is 35.6 Å². The number of carbonyl (C=O) groups is 5. The van der Waals surface area contributed by atoms with Gasteiger partial charge in [0.1, 0.15) is 18.4 Å². The minimum atomic E-state index is -1.22. The number of nitrogens with one attached hydrogen (secondary N) is 2. The van der Waals surface area contributed by atoms with Crippen LogP contribution in [-0.4, -0.2) is 64.7 Å². The number of hydrogen-bond acceptors (Lipinski definition) is 5. The zero-order valence-electron chi connectivity index (χ0n) is 19.2. The number of hydrogen-bond donors (Lipinski definition) is 3. The van der Waals surface area contributed by atoms with Crippen LogP contribution >= 0.6 is 0 Å². The summed E-state index contributed by atoms with van der Waals surface area (Å²) in [5.74, 6) is -2.81. The maximum Gasteiger partial charge on any atom is 0.305 e. The molecular formula is C25H29N3O6. The Morgan fingerprint density at radius 3 is 2.47 bits per heavy atom. The van der Waals surface area contributed by atoms with Crippen molar-refractivity contribution in [1.82, 2.24) is 15.5 Å². The number of amides is 3. The van der Waals surface area contributed by atoms with Crippen LogP contribution in [0.5, 0.6) is 0 Å². The molecule has 1 aliphatic heterocycles. The number of carbonyl (C=O) groups excluding carboxylic acids is 4. The maximum absolute atomic E-state index is 13.4. The third kappa shape index (κ3) is 5.59. The predicted molar refractivity (Wildman–Crippen MR) is 125 cm³/mol. The van der Waals surface area contributed by atoms with Gasteiger partial charge >= 0.3 is 5.97 Å². The molecule has 1 saturated heterocycles. The summed E-state index contributed by atoms with van der Waals surface area (Å²) in [6, 6.07) is 10.00. The average Bonchev–Trinajstić information content (AvgIpc) is 3.30. The van der Waals surface area contributed by atoms with Gasteiger partial charge in [0, 0.05) is 12.1 Å². The van der Waals surface area contributed by atoms with E-state index in [0.717, 1.165) is 10.8 Å². The number of benzene rings is 2. The van der Waals surface area contributed by atoms with Crippen LogP contribution in [-0.2, 0) is 19.2 Å². The summed E-state index contributed by atoms with van der Waals surface area (Å²) in [5, 5.41) is 15.8. The average molecular weight is 468 g/mol. The van der Waals surface area contributed by atoms with Crippen molar-refractivity contribution >= 4 is 40.7 Å². The predicted octanol–water partition coefficient (Wildman–Crippen LogP) is 1.74. The largest absolute Gasteiger partial charge is 0.481 e. The Labute approximate surface area is 197 Å². The van der Waals surface area contributed by atoms with Crippen molar-refractivity contribution in [3.63, 3.8) is 0 Å². The molecule has 0 spiro atoms. The van der Waals surface area contributed by atoms with Gasteiger partial charge in [0.05, 0.1) is 12.5 Å². The molecule has 3 amide bonds. The quantitative estimate of drug-likeness (QED) is 0.481. The van der Waals surface area contributed by atoms with E-state index in [1.54, 1.807) is 12.1 Å². The summed E-state index contributed by atoms with van der Waals surface area (Å²) in [4.78, 5) is 62.8. The third-order valence-electron chi connectivity index (χ3n) is 5.98. The summed E-state index contributed by atoms with van der Waals surface area (Å²) in [7, 11) is 0. The van der Waals surface area contributed by atoms with Crippen LogP contribution < -0.4 is 10.6 Å². The fourth-order valence-electron chi connectivity index (χ4n) is 4.24. The molecule has 9 nitrogen and oxygen atoms in total. The normalized spacial score (nSPS) is 17.3. The van der Waals surface area contributed by atoms with E-state index < -0.39 is 36.4 Å². The second-order valence-electron chi connectivity index (χ2n) is 8.76. The Hall–Kier alpha value is -3.75. The molecule has 1 heterocycles. The number of likely N-dealkylation sites (tertiary alicyclic amines) is 1. The van der Waals surface area contributed by atoms with Crippen molar-refractivity contribution in [2.24, 2.45) is 5.92 Å². The molecule has 2 aromatic rings. The Balaban J connectivity index is 1.76. The molecule has 0 aliphatic carbocycles. The lowest BCUT2D eigenvalue weighted by molar-refractivity contribution is -0.142. The van der Waals surface area contributed by atoms with E-state index in [-0.39, 0.29) is 17.7 Å². The Morgan fingerprint density at radius 2 is 1.79 bits per heavy atom. The standard InChI is InChI=1S/C25H29N3O6/c1-15(2)22(27-23(32)19-10-5-8-16-7-3-4-9-18(16)19)25(34)28-12-6-11-20(28)24(33)26-17(14-29)13-21(30)31/h3-5,7-10,14-15,17,20,22H,6,11-13H2,1-2H3,(H,26,33)(H,27,32)(H,30,31)/t17-,20-,22-/m0/s1. The van der Waals surface area contributed by atoms with E-state index in [4.69, 9.17) is 5.11 Å². The van der Waals surface area contributed by atoms with Crippen LogP contribution in [0.2, 0.25) is 0 Å². The zero-order valence-corrected chi connectivity index (χ0v) is 19.2. The molecule has 0 radical (unpaired) electrons. The summed E-state index contributed by atoms with van der Waals surface area (Å²) >= 11 is 0. The number of fused-ring (bicyclic) bond motifs is 1. The van der Waals surface area contributed by atoms with E-state index in [9.17, 15) is 24.0 Å². The Morgan fingerprint density at radius 1 is 1.09 bits per heavy atom. The van der Waals surface area contributed by atoms with E-state index in [2.05, 4.69) is 10.6 Å². The van der Waals surface area contributed by atoms with Crippen molar-refractivity contribution in [3.8, 4) is 0 Å². The number of rotatable bonds is 9. The molecule has 3 N–H and O–H groups in total. The first-order chi connectivity index (χ1) is 16.2. The van der Waals surface area contributed by atoms with Gasteiger partial charge in [-0.1, -0.05) is 50.2 Å². The molecule has 9 heteroatoms. The van der Waals surface area contributed by atoms with Gasteiger partial charge in [-0.25, -0.2) is 0 Å². The van der Waals surface area contributed by atoms with Crippen molar-refractivity contribution in [2.45, 2.75) is 51.2 Å². The lowest BCUT2D eigenvalue weighted by atomic mass is 10.00. The lowest BCUT2D eigenvalue weighted by Crippen LogP contribution is -2.56. The highest BCUT2D eigenvalue weighted by Gasteiger charge is 2.39. The first kappa shape index (κ1) is 24.9. The fourth-order valence-corrected chi connectivity index (χ4v) is 4.24. The summed E-state index contributed by atoms with van der Waals surface area (Å²) in [5.41, 5.74) is 0.453. The minimum Gasteiger partial charge on any atom is -0.481 e. The van der Waals surface area contributed by atoms with E-state index >= 15 is 0 Å². The van der Waals surface area contributed by atoms with E-state index in [0.29, 0.717) is 31.2 Å². The number of aliphatic carboxylic acids is 1. The Kier molecular flexibility index (Phi) is 7.99. The highest BCUT2D eigenvalue weighted by atomic mass is 16.4. The monoisotopic (exact) mass is 467 g/mol. The van der Waals surface area contributed by atoms with Crippen molar-refractivity contribution in [3.05, 3.63) is 48.0 Å². The second kappa shape index (κ2) is 10.9. The molecule has 0 unspecified atom stereocenters. The molecule has 0 aromatic heterocycles. The summed E-state index contributed by atoms with van der Waals surface area (Å²) < 4.78 is 0. The van der Waals surface area contributed by atoms with Crippen LogP contribution in [0.3, 0.4) is 0 Å². The van der Waals surface area contributed by atoms with Crippen LogP contribution in [0.1, 0.15) is 43.5 Å². The molecule has 0 saturated carbocycles. The first-order valence-electron chi connectivity index (χ1n) is 11.3. The smallest absolute Gasteiger partial charge is 0.305 e. The van der Waals surface area contributed by atoms with Gasteiger partial charge in [0.2, 0.25) is 11.8 Å².